The van der Waals surface area contributed by atoms with Crippen LogP contribution in [0.3, 0.4) is 0 Å². The van der Waals surface area contributed by atoms with Crippen LogP contribution in [0.25, 0.3) is 16.9 Å². The Morgan fingerprint density at radius 2 is 1.66 bits per heavy atom. The zero-order valence-corrected chi connectivity index (χ0v) is 17.8. The maximum atomic E-state index is 4.71. The summed E-state index contributed by atoms with van der Waals surface area (Å²) in [5.74, 6) is 1.36. The van der Waals surface area contributed by atoms with Gasteiger partial charge in [-0.25, -0.2) is 9.97 Å². The van der Waals surface area contributed by atoms with Crippen molar-refractivity contribution in [2.24, 2.45) is 0 Å². The van der Waals surface area contributed by atoms with Gasteiger partial charge in [0.15, 0.2) is 0 Å². The first-order valence-corrected chi connectivity index (χ1v) is 10.7. The standard InChI is InChI=1S/C26H24N6/c1-19(21-10-6-3-7-11-21)30-26-27-15-14-25(31-26)32-18-29-23-16-22(12-13-24(23)32)28-17-20-8-4-2-5-9-20/h2-16,18-19,28H,17H2,1H3,(H,27,30,31)/t19-/m0/s1. The Hall–Kier alpha value is -4.19. The predicted molar refractivity (Wildman–Crippen MR) is 129 cm³/mol. The molecule has 5 aromatic rings. The minimum Gasteiger partial charge on any atom is -0.381 e. The average Bonchev–Trinajstić information content (AvgIpc) is 3.27. The molecule has 6 nitrogen and oxygen atoms in total. The van der Waals surface area contributed by atoms with Crippen LogP contribution in [0.2, 0.25) is 0 Å². The summed E-state index contributed by atoms with van der Waals surface area (Å²) in [6.07, 6.45) is 3.57. The van der Waals surface area contributed by atoms with E-state index in [1.54, 1.807) is 12.5 Å². The molecule has 2 heterocycles. The maximum absolute atomic E-state index is 4.71. The maximum Gasteiger partial charge on any atom is 0.225 e. The molecule has 0 fully saturated rings. The van der Waals surface area contributed by atoms with Gasteiger partial charge in [0.1, 0.15) is 12.1 Å². The second-order valence-corrected chi connectivity index (χ2v) is 7.67. The van der Waals surface area contributed by atoms with E-state index in [0.717, 1.165) is 29.1 Å². The third kappa shape index (κ3) is 4.30. The van der Waals surface area contributed by atoms with E-state index in [4.69, 9.17) is 4.98 Å². The number of imidazole rings is 1. The zero-order chi connectivity index (χ0) is 21.8. The summed E-state index contributed by atoms with van der Waals surface area (Å²) in [5.41, 5.74) is 5.37. The highest BCUT2D eigenvalue weighted by Crippen LogP contribution is 2.22. The van der Waals surface area contributed by atoms with Crippen LogP contribution in [0.1, 0.15) is 24.1 Å². The number of aromatic nitrogens is 4. The lowest BCUT2D eigenvalue weighted by atomic mass is 10.1. The predicted octanol–water partition coefficient (Wildman–Crippen LogP) is 5.60. The lowest BCUT2D eigenvalue weighted by molar-refractivity contribution is 0.854. The van der Waals surface area contributed by atoms with Crippen LogP contribution >= 0.6 is 0 Å². The third-order valence-corrected chi connectivity index (χ3v) is 5.42. The molecule has 1 atom stereocenters. The quantitative estimate of drug-likeness (QED) is 0.359. The molecule has 3 aromatic carbocycles. The number of benzene rings is 3. The largest absolute Gasteiger partial charge is 0.381 e. The van der Waals surface area contributed by atoms with Crippen LogP contribution in [0.15, 0.2) is 97.5 Å². The van der Waals surface area contributed by atoms with Gasteiger partial charge in [-0.05, 0) is 42.3 Å². The summed E-state index contributed by atoms with van der Waals surface area (Å²) in [7, 11) is 0. The molecule has 0 spiro atoms. The normalized spacial score (nSPS) is 11.9. The van der Waals surface area contributed by atoms with Crippen molar-refractivity contribution < 1.29 is 0 Å². The van der Waals surface area contributed by atoms with Crippen LogP contribution < -0.4 is 10.6 Å². The lowest BCUT2D eigenvalue weighted by Gasteiger charge is -2.14. The van der Waals surface area contributed by atoms with E-state index in [9.17, 15) is 0 Å². The van der Waals surface area contributed by atoms with E-state index in [1.807, 2.05) is 47.0 Å². The molecule has 5 rings (SSSR count). The molecule has 0 radical (unpaired) electrons. The molecule has 6 heteroatoms. The van der Waals surface area contributed by atoms with Crippen molar-refractivity contribution in [2.45, 2.75) is 19.5 Å². The van der Waals surface area contributed by atoms with Gasteiger partial charge in [0.25, 0.3) is 0 Å². The van der Waals surface area contributed by atoms with Gasteiger partial charge >= 0.3 is 0 Å². The Bertz CT molecular complexity index is 1310. The van der Waals surface area contributed by atoms with E-state index in [1.165, 1.54) is 11.1 Å². The summed E-state index contributed by atoms with van der Waals surface area (Å²) in [6.45, 7) is 2.87. The fraction of sp³-hybridized carbons (Fsp3) is 0.115. The number of anilines is 2. The Kier molecular flexibility index (Phi) is 5.49. The zero-order valence-electron chi connectivity index (χ0n) is 17.8. The van der Waals surface area contributed by atoms with Gasteiger partial charge in [-0.1, -0.05) is 60.7 Å². The Morgan fingerprint density at radius 3 is 2.47 bits per heavy atom. The summed E-state index contributed by atoms with van der Waals surface area (Å²) in [6, 6.07) is 28.8. The third-order valence-electron chi connectivity index (χ3n) is 5.42. The highest BCUT2D eigenvalue weighted by molar-refractivity contribution is 5.81. The van der Waals surface area contributed by atoms with Gasteiger partial charge in [0.2, 0.25) is 5.95 Å². The number of rotatable bonds is 7. The van der Waals surface area contributed by atoms with Gasteiger partial charge in [-0.2, -0.15) is 4.98 Å². The van der Waals surface area contributed by atoms with E-state index in [0.29, 0.717) is 5.95 Å². The summed E-state index contributed by atoms with van der Waals surface area (Å²) in [5, 5.41) is 6.85. The van der Waals surface area contributed by atoms with Gasteiger partial charge in [-0.3, -0.25) is 4.57 Å². The first-order chi connectivity index (χ1) is 15.8. The van der Waals surface area contributed by atoms with Gasteiger partial charge in [-0.15, -0.1) is 0 Å². The number of nitrogens with zero attached hydrogens (tertiary/aromatic N) is 4. The van der Waals surface area contributed by atoms with E-state index in [-0.39, 0.29) is 6.04 Å². The fourth-order valence-corrected chi connectivity index (χ4v) is 3.68. The van der Waals surface area contributed by atoms with Gasteiger partial charge < -0.3 is 10.6 Å². The van der Waals surface area contributed by atoms with E-state index in [2.05, 4.69) is 70.0 Å². The Morgan fingerprint density at radius 1 is 0.875 bits per heavy atom. The molecule has 0 amide bonds. The average molecular weight is 421 g/mol. The molecule has 0 aliphatic heterocycles. The molecule has 0 aliphatic rings. The number of hydrogen-bond acceptors (Lipinski definition) is 5. The smallest absolute Gasteiger partial charge is 0.225 e. The van der Waals surface area contributed by atoms with Crippen molar-refractivity contribution in [1.82, 2.24) is 19.5 Å². The first-order valence-electron chi connectivity index (χ1n) is 10.7. The van der Waals surface area contributed by atoms with Crippen molar-refractivity contribution in [1.29, 1.82) is 0 Å². The van der Waals surface area contributed by atoms with E-state index < -0.39 is 0 Å². The molecule has 158 valence electrons. The Balaban J connectivity index is 1.35. The number of hydrogen-bond donors (Lipinski definition) is 2. The van der Waals surface area contributed by atoms with Crippen molar-refractivity contribution in [3.05, 3.63) is 109 Å². The molecule has 0 saturated heterocycles. The van der Waals surface area contributed by atoms with Gasteiger partial charge in [0.05, 0.1) is 17.1 Å². The molecule has 32 heavy (non-hydrogen) atoms. The molecule has 0 unspecified atom stereocenters. The minimum atomic E-state index is 0.101. The summed E-state index contributed by atoms with van der Waals surface area (Å²) in [4.78, 5) is 13.7. The summed E-state index contributed by atoms with van der Waals surface area (Å²) >= 11 is 0. The highest BCUT2D eigenvalue weighted by Gasteiger charge is 2.10. The second-order valence-electron chi connectivity index (χ2n) is 7.67. The topological polar surface area (TPSA) is 67.7 Å². The van der Waals surface area contributed by atoms with Crippen molar-refractivity contribution in [3.8, 4) is 5.82 Å². The Labute approximate surface area is 187 Å². The monoisotopic (exact) mass is 420 g/mol. The summed E-state index contributed by atoms with van der Waals surface area (Å²) < 4.78 is 1.98. The van der Waals surface area contributed by atoms with Crippen LogP contribution in [0, 0.1) is 0 Å². The lowest BCUT2D eigenvalue weighted by Crippen LogP contribution is -2.10. The van der Waals surface area contributed by atoms with Crippen molar-refractivity contribution >= 4 is 22.7 Å². The first kappa shape index (κ1) is 19.8. The fourth-order valence-electron chi connectivity index (χ4n) is 3.68. The van der Waals surface area contributed by atoms with Crippen molar-refractivity contribution in [3.63, 3.8) is 0 Å². The van der Waals surface area contributed by atoms with E-state index >= 15 is 0 Å². The highest BCUT2D eigenvalue weighted by atomic mass is 15.2. The van der Waals surface area contributed by atoms with Gasteiger partial charge in [0, 0.05) is 18.4 Å². The molecule has 2 aromatic heterocycles. The molecular formula is C26H24N6. The van der Waals surface area contributed by atoms with Crippen LogP contribution in [0.5, 0.6) is 0 Å². The van der Waals surface area contributed by atoms with Crippen LogP contribution in [-0.2, 0) is 6.54 Å². The molecule has 0 bridgehead atoms. The molecule has 0 aliphatic carbocycles. The van der Waals surface area contributed by atoms with Crippen LogP contribution in [0.4, 0.5) is 11.6 Å². The minimum absolute atomic E-state index is 0.101. The number of nitrogens with one attached hydrogen (secondary N) is 2. The van der Waals surface area contributed by atoms with Crippen molar-refractivity contribution in [2.75, 3.05) is 10.6 Å². The molecule has 0 saturated carbocycles. The number of fused-ring (bicyclic) bond motifs is 1. The molecular weight excluding hydrogens is 396 g/mol. The van der Waals surface area contributed by atoms with Crippen LogP contribution in [-0.4, -0.2) is 19.5 Å². The molecule has 2 N–H and O–H groups in total. The second kappa shape index (κ2) is 8.89. The SMILES string of the molecule is C[C@H](Nc1nccc(-n2cnc3cc(NCc4ccccc4)ccc32)n1)c1ccccc1.